The predicted molar refractivity (Wildman–Crippen MR) is 93.1 cm³/mol. The van der Waals surface area contributed by atoms with E-state index in [9.17, 15) is 13.2 Å². The summed E-state index contributed by atoms with van der Waals surface area (Å²) in [5.74, 6) is 0.339. The summed E-state index contributed by atoms with van der Waals surface area (Å²) < 4.78 is 30.1. The maximum absolute atomic E-state index is 12.3. The van der Waals surface area contributed by atoms with E-state index in [1.54, 1.807) is 12.1 Å². The fourth-order valence-corrected chi connectivity index (χ4v) is 3.04. The number of para-hydroxylation sites is 1. The molecule has 1 heterocycles. The van der Waals surface area contributed by atoms with Gasteiger partial charge < -0.3 is 9.73 Å². The van der Waals surface area contributed by atoms with Crippen LogP contribution < -0.4 is 5.32 Å². The molecule has 0 aliphatic carbocycles. The molecule has 6 nitrogen and oxygen atoms in total. The summed E-state index contributed by atoms with van der Waals surface area (Å²) in [7, 11) is -3.54. The lowest BCUT2D eigenvalue weighted by atomic mass is 10.0. The summed E-state index contributed by atoms with van der Waals surface area (Å²) in [5.41, 5.74) is 1.70. The second-order valence-electron chi connectivity index (χ2n) is 5.90. The lowest BCUT2D eigenvalue weighted by molar-refractivity contribution is -0.116. The van der Waals surface area contributed by atoms with Gasteiger partial charge in [-0.2, -0.15) is 4.31 Å². The van der Waals surface area contributed by atoms with Gasteiger partial charge in [0.2, 0.25) is 15.9 Å². The molecule has 0 atom stereocenters. The molecule has 1 amide bonds. The zero-order valence-electron chi connectivity index (χ0n) is 14.0. The first-order chi connectivity index (χ1) is 11.3. The van der Waals surface area contributed by atoms with Crippen molar-refractivity contribution in [3.8, 4) is 0 Å². The second-order valence-corrected chi connectivity index (χ2v) is 7.88. The van der Waals surface area contributed by atoms with Crippen LogP contribution in [0.25, 0.3) is 0 Å². The van der Waals surface area contributed by atoms with Gasteiger partial charge in [-0.3, -0.25) is 4.79 Å². The minimum absolute atomic E-state index is 0.0189. The number of rotatable bonds is 7. The fraction of sp³-hybridized carbons (Fsp3) is 0.353. The van der Waals surface area contributed by atoms with Crippen molar-refractivity contribution in [1.82, 2.24) is 4.31 Å². The average Bonchev–Trinajstić information content (AvgIpc) is 2.99. The number of carbonyl (C=O) groups excluding carboxylic acids is 1. The van der Waals surface area contributed by atoms with Crippen molar-refractivity contribution in [3.63, 3.8) is 0 Å². The Morgan fingerprint density at radius 3 is 2.50 bits per heavy atom. The molecular formula is C17H22N2O4S. The lowest BCUT2D eigenvalue weighted by Crippen LogP contribution is -2.36. The van der Waals surface area contributed by atoms with Gasteiger partial charge >= 0.3 is 0 Å². The molecule has 24 heavy (non-hydrogen) atoms. The van der Waals surface area contributed by atoms with Crippen molar-refractivity contribution in [1.29, 1.82) is 0 Å². The van der Waals surface area contributed by atoms with E-state index in [2.05, 4.69) is 5.32 Å². The van der Waals surface area contributed by atoms with Crippen molar-refractivity contribution in [3.05, 3.63) is 54.0 Å². The number of nitrogens with one attached hydrogen (secondary N) is 1. The van der Waals surface area contributed by atoms with Crippen molar-refractivity contribution in [2.45, 2.75) is 26.3 Å². The van der Waals surface area contributed by atoms with Crippen LogP contribution in [0, 0.1) is 0 Å². The Morgan fingerprint density at radius 2 is 1.92 bits per heavy atom. The Labute approximate surface area is 142 Å². The molecule has 0 fully saturated rings. The first kappa shape index (κ1) is 18.2. The predicted octanol–water partition coefficient (Wildman–Crippen LogP) is 2.80. The highest BCUT2D eigenvalue weighted by molar-refractivity contribution is 7.88. The highest BCUT2D eigenvalue weighted by Crippen LogP contribution is 2.23. The van der Waals surface area contributed by atoms with Crippen molar-refractivity contribution >= 4 is 21.6 Å². The molecule has 0 saturated carbocycles. The van der Waals surface area contributed by atoms with Gasteiger partial charge in [-0.25, -0.2) is 8.42 Å². The highest BCUT2D eigenvalue weighted by Gasteiger charge is 2.22. The maximum atomic E-state index is 12.3. The first-order valence-electron chi connectivity index (χ1n) is 7.63. The maximum Gasteiger partial charge on any atom is 0.239 e. The average molecular weight is 350 g/mol. The van der Waals surface area contributed by atoms with Crippen LogP contribution in [0.1, 0.15) is 31.1 Å². The van der Waals surface area contributed by atoms with Crippen molar-refractivity contribution < 1.29 is 17.6 Å². The van der Waals surface area contributed by atoms with Gasteiger partial charge in [0.15, 0.2) is 0 Å². The molecule has 0 aliphatic heterocycles. The van der Waals surface area contributed by atoms with Gasteiger partial charge in [0, 0.05) is 5.69 Å². The third-order valence-corrected chi connectivity index (χ3v) is 4.75. The Balaban J connectivity index is 2.11. The van der Waals surface area contributed by atoms with E-state index >= 15 is 0 Å². The smallest absolute Gasteiger partial charge is 0.239 e. The SMILES string of the molecule is CC(C)c1ccccc1NC(=O)CN(Cc1ccco1)S(C)(=O)=O. The highest BCUT2D eigenvalue weighted by atomic mass is 32.2. The van der Waals surface area contributed by atoms with E-state index in [0.29, 0.717) is 11.4 Å². The van der Waals surface area contributed by atoms with Gasteiger partial charge in [-0.1, -0.05) is 32.0 Å². The van der Waals surface area contributed by atoms with E-state index in [0.717, 1.165) is 16.1 Å². The molecule has 0 bridgehead atoms. The molecule has 2 aromatic rings. The molecule has 2 rings (SSSR count). The second kappa shape index (κ2) is 7.63. The van der Waals surface area contributed by atoms with Crippen LogP contribution in [-0.2, 0) is 21.4 Å². The Morgan fingerprint density at radius 1 is 1.21 bits per heavy atom. The van der Waals surface area contributed by atoms with Crippen LogP contribution in [0.5, 0.6) is 0 Å². The number of hydrogen-bond donors (Lipinski definition) is 1. The molecule has 1 aromatic heterocycles. The summed E-state index contributed by atoms with van der Waals surface area (Å²) in [6.07, 6.45) is 2.54. The van der Waals surface area contributed by atoms with Crippen LogP contribution in [0.2, 0.25) is 0 Å². The zero-order chi connectivity index (χ0) is 17.7. The molecule has 1 N–H and O–H groups in total. The Kier molecular flexibility index (Phi) is 5.80. The summed E-state index contributed by atoms with van der Waals surface area (Å²) in [4.78, 5) is 12.3. The Bertz CT molecular complexity index is 783. The number of amides is 1. The van der Waals surface area contributed by atoms with Crippen molar-refractivity contribution in [2.75, 3.05) is 18.1 Å². The molecule has 0 spiro atoms. The molecule has 0 unspecified atom stereocenters. The van der Waals surface area contributed by atoms with Gasteiger partial charge in [0.1, 0.15) is 5.76 Å². The molecule has 7 heteroatoms. The molecule has 0 radical (unpaired) electrons. The largest absolute Gasteiger partial charge is 0.468 e. The van der Waals surface area contributed by atoms with Gasteiger partial charge in [0.05, 0.1) is 25.6 Å². The van der Waals surface area contributed by atoms with Crippen molar-refractivity contribution in [2.24, 2.45) is 0 Å². The molecule has 1 aromatic carbocycles. The van der Waals surface area contributed by atoms with E-state index in [4.69, 9.17) is 4.42 Å². The number of carbonyl (C=O) groups is 1. The third-order valence-electron chi connectivity index (χ3n) is 3.56. The summed E-state index contributed by atoms with van der Waals surface area (Å²) in [6.45, 7) is 3.81. The number of sulfonamides is 1. The monoisotopic (exact) mass is 350 g/mol. The quantitative estimate of drug-likeness (QED) is 0.833. The van der Waals surface area contributed by atoms with Gasteiger partial charge in [-0.05, 0) is 29.7 Å². The van der Waals surface area contributed by atoms with E-state index in [1.807, 2.05) is 38.1 Å². The van der Waals surface area contributed by atoms with Crippen LogP contribution in [0.3, 0.4) is 0 Å². The third kappa shape index (κ3) is 4.94. The van der Waals surface area contributed by atoms with Crippen LogP contribution >= 0.6 is 0 Å². The number of anilines is 1. The molecular weight excluding hydrogens is 328 g/mol. The van der Waals surface area contributed by atoms with E-state index in [-0.39, 0.29) is 24.9 Å². The first-order valence-corrected chi connectivity index (χ1v) is 9.48. The number of benzene rings is 1. The summed E-state index contributed by atoms with van der Waals surface area (Å²) in [5, 5.41) is 2.80. The van der Waals surface area contributed by atoms with Crippen LogP contribution in [-0.4, -0.2) is 31.4 Å². The Hall–Kier alpha value is -2.12. The molecule has 0 aliphatic rings. The number of nitrogens with zero attached hydrogens (tertiary/aromatic N) is 1. The number of furan rings is 1. The van der Waals surface area contributed by atoms with Crippen LogP contribution in [0.4, 0.5) is 5.69 Å². The molecule has 130 valence electrons. The minimum Gasteiger partial charge on any atom is -0.468 e. The number of hydrogen-bond acceptors (Lipinski definition) is 4. The zero-order valence-corrected chi connectivity index (χ0v) is 14.8. The summed E-state index contributed by atoms with van der Waals surface area (Å²) in [6, 6.07) is 10.8. The normalized spacial score (nSPS) is 11.9. The van der Waals surface area contributed by atoms with E-state index < -0.39 is 10.0 Å². The fourth-order valence-electron chi connectivity index (χ4n) is 2.33. The van der Waals surface area contributed by atoms with Gasteiger partial charge in [-0.15, -0.1) is 0 Å². The van der Waals surface area contributed by atoms with Crippen LogP contribution in [0.15, 0.2) is 47.1 Å². The standard InChI is InChI=1S/C17H22N2O4S/c1-13(2)15-8-4-5-9-16(15)18-17(20)12-19(24(3,21)22)11-14-7-6-10-23-14/h4-10,13H,11-12H2,1-3H3,(H,18,20). The lowest BCUT2D eigenvalue weighted by Gasteiger charge is -2.19. The van der Waals surface area contributed by atoms with E-state index in [1.165, 1.54) is 6.26 Å². The summed E-state index contributed by atoms with van der Waals surface area (Å²) >= 11 is 0. The molecule has 0 saturated heterocycles. The minimum atomic E-state index is -3.54. The topological polar surface area (TPSA) is 79.6 Å². The van der Waals surface area contributed by atoms with Gasteiger partial charge in [0.25, 0.3) is 0 Å².